The van der Waals surface area contributed by atoms with Crippen LogP contribution < -0.4 is 10.6 Å². The third-order valence-corrected chi connectivity index (χ3v) is 3.24. The van der Waals surface area contributed by atoms with E-state index in [1.807, 2.05) is 24.3 Å². The molecule has 0 aliphatic carbocycles. The molecule has 0 aliphatic heterocycles. The molecule has 0 fully saturated rings. The monoisotopic (exact) mass is 342 g/mol. The highest BCUT2D eigenvalue weighted by atomic mass is 79.9. The number of benzene rings is 1. The van der Waals surface area contributed by atoms with Crippen molar-refractivity contribution in [2.45, 2.75) is 32.8 Å². The number of halogens is 1. The van der Waals surface area contributed by atoms with Gasteiger partial charge in [-0.2, -0.15) is 0 Å². The summed E-state index contributed by atoms with van der Waals surface area (Å²) in [5.74, 6) is 0.297. The van der Waals surface area contributed by atoms with Gasteiger partial charge in [-0.1, -0.05) is 35.8 Å². The largest absolute Gasteiger partial charge is 0.389 e. The molecule has 0 saturated heterocycles. The smallest absolute Gasteiger partial charge is 0.238 e. The maximum atomic E-state index is 11.8. The minimum absolute atomic E-state index is 0.122. The zero-order valence-corrected chi connectivity index (χ0v) is 13.8. The summed E-state index contributed by atoms with van der Waals surface area (Å²) in [6, 6.07) is 7.43. The van der Waals surface area contributed by atoms with Crippen LogP contribution in [0.4, 0.5) is 5.69 Å². The van der Waals surface area contributed by atoms with Gasteiger partial charge >= 0.3 is 0 Å². The lowest BCUT2D eigenvalue weighted by molar-refractivity contribution is -0.115. The zero-order valence-electron chi connectivity index (χ0n) is 12.2. The van der Waals surface area contributed by atoms with Crippen LogP contribution in [0.25, 0.3) is 0 Å². The van der Waals surface area contributed by atoms with E-state index in [0.29, 0.717) is 18.9 Å². The number of rotatable bonds is 7. The van der Waals surface area contributed by atoms with E-state index in [-0.39, 0.29) is 12.5 Å². The van der Waals surface area contributed by atoms with Gasteiger partial charge in [0.1, 0.15) is 0 Å². The minimum atomic E-state index is -0.787. The van der Waals surface area contributed by atoms with Crippen molar-refractivity contribution < 1.29 is 9.90 Å². The molecule has 0 bridgehead atoms. The minimum Gasteiger partial charge on any atom is -0.389 e. The molecule has 4 nitrogen and oxygen atoms in total. The van der Waals surface area contributed by atoms with Crippen LogP contribution in [0.5, 0.6) is 0 Å². The van der Waals surface area contributed by atoms with Gasteiger partial charge in [0, 0.05) is 16.7 Å². The average molecular weight is 343 g/mol. The van der Waals surface area contributed by atoms with Crippen LogP contribution >= 0.6 is 15.9 Å². The molecule has 1 aromatic carbocycles. The molecule has 0 aliphatic rings. The van der Waals surface area contributed by atoms with Crippen LogP contribution in [-0.2, 0) is 4.79 Å². The molecule has 0 saturated carbocycles. The summed E-state index contributed by atoms with van der Waals surface area (Å²) in [6.45, 7) is 6.49. The second kappa shape index (κ2) is 7.76. The zero-order chi connectivity index (χ0) is 15.2. The van der Waals surface area contributed by atoms with Gasteiger partial charge in [-0.15, -0.1) is 0 Å². The van der Waals surface area contributed by atoms with Crippen molar-refractivity contribution in [2.24, 2.45) is 5.92 Å². The van der Waals surface area contributed by atoms with E-state index in [2.05, 4.69) is 40.4 Å². The Morgan fingerprint density at radius 3 is 2.75 bits per heavy atom. The van der Waals surface area contributed by atoms with Crippen LogP contribution in [0.3, 0.4) is 0 Å². The number of carbonyl (C=O) groups excluding carboxylic acids is 1. The van der Waals surface area contributed by atoms with Gasteiger partial charge in [-0.3, -0.25) is 4.79 Å². The van der Waals surface area contributed by atoms with Crippen molar-refractivity contribution in [1.29, 1.82) is 0 Å². The van der Waals surface area contributed by atoms with Crippen LogP contribution in [-0.4, -0.2) is 29.7 Å². The van der Waals surface area contributed by atoms with E-state index >= 15 is 0 Å². The summed E-state index contributed by atoms with van der Waals surface area (Å²) in [5, 5.41) is 15.9. The summed E-state index contributed by atoms with van der Waals surface area (Å²) >= 11 is 3.35. The molecule has 0 aromatic heterocycles. The topological polar surface area (TPSA) is 61.4 Å². The Hall–Kier alpha value is -0.910. The number of anilines is 1. The molecular formula is C15H23BrN2O2. The molecule has 0 heterocycles. The SMILES string of the molecule is CC(C)CC(C)(O)CNCC(=O)Nc1cccc(Br)c1. The Kier molecular flexibility index (Phi) is 6.65. The van der Waals surface area contributed by atoms with Crippen molar-refractivity contribution in [3.63, 3.8) is 0 Å². The Bertz CT molecular complexity index is 447. The van der Waals surface area contributed by atoms with E-state index in [4.69, 9.17) is 0 Å². The highest BCUT2D eigenvalue weighted by molar-refractivity contribution is 9.10. The van der Waals surface area contributed by atoms with Crippen LogP contribution in [0, 0.1) is 5.92 Å². The Morgan fingerprint density at radius 2 is 2.15 bits per heavy atom. The lowest BCUT2D eigenvalue weighted by Gasteiger charge is -2.25. The van der Waals surface area contributed by atoms with Crippen molar-refractivity contribution in [2.75, 3.05) is 18.4 Å². The third-order valence-electron chi connectivity index (χ3n) is 2.75. The molecule has 1 aromatic rings. The fraction of sp³-hybridized carbons (Fsp3) is 0.533. The number of amides is 1. The molecule has 0 radical (unpaired) electrons. The van der Waals surface area contributed by atoms with Gasteiger partial charge in [-0.25, -0.2) is 0 Å². The van der Waals surface area contributed by atoms with E-state index in [0.717, 1.165) is 10.2 Å². The van der Waals surface area contributed by atoms with Crippen molar-refractivity contribution in [3.8, 4) is 0 Å². The lowest BCUT2D eigenvalue weighted by Crippen LogP contribution is -2.41. The standard InChI is InChI=1S/C15H23BrN2O2/c1-11(2)8-15(3,20)10-17-9-14(19)18-13-6-4-5-12(16)7-13/h4-7,11,17,20H,8-10H2,1-3H3,(H,18,19). The second-order valence-electron chi connectivity index (χ2n) is 5.76. The van der Waals surface area contributed by atoms with Gasteiger partial charge in [-0.05, 0) is 37.5 Å². The summed E-state index contributed by atoms with van der Waals surface area (Å²) in [7, 11) is 0. The first-order chi connectivity index (χ1) is 9.28. The fourth-order valence-corrected chi connectivity index (χ4v) is 2.57. The summed E-state index contributed by atoms with van der Waals surface area (Å²) < 4.78 is 0.920. The molecule has 112 valence electrons. The second-order valence-corrected chi connectivity index (χ2v) is 6.67. The highest BCUT2D eigenvalue weighted by Crippen LogP contribution is 2.16. The van der Waals surface area contributed by atoms with E-state index in [1.165, 1.54) is 0 Å². The van der Waals surface area contributed by atoms with Crippen LogP contribution in [0.15, 0.2) is 28.7 Å². The average Bonchev–Trinajstić information content (AvgIpc) is 2.26. The molecule has 3 N–H and O–H groups in total. The van der Waals surface area contributed by atoms with Gasteiger partial charge in [0.25, 0.3) is 0 Å². The molecule has 1 atom stereocenters. The summed E-state index contributed by atoms with van der Waals surface area (Å²) in [6.07, 6.45) is 0.702. The van der Waals surface area contributed by atoms with Gasteiger partial charge in [0.2, 0.25) is 5.91 Å². The van der Waals surface area contributed by atoms with E-state index in [9.17, 15) is 9.90 Å². The molecule has 1 unspecified atom stereocenters. The van der Waals surface area contributed by atoms with Crippen molar-refractivity contribution in [3.05, 3.63) is 28.7 Å². The van der Waals surface area contributed by atoms with Crippen LogP contribution in [0.2, 0.25) is 0 Å². The third kappa shape index (κ3) is 7.03. The van der Waals surface area contributed by atoms with E-state index < -0.39 is 5.60 Å². The van der Waals surface area contributed by atoms with Gasteiger partial charge in [0.15, 0.2) is 0 Å². The Morgan fingerprint density at radius 1 is 1.45 bits per heavy atom. The molecule has 5 heteroatoms. The number of aliphatic hydroxyl groups is 1. The molecular weight excluding hydrogens is 320 g/mol. The van der Waals surface area contributed by atoms with Gasteiger partial charge < -0.3 is 15.7 Å². The first-order valence-corrected chi connectivity index (χ1v) is 7.56. The summed E-state index contributed by atoms with van der Waals surface area (Å²) in [5.41, 5.74) is -0.0374. The molecule has 1 amide bonds. The molecule has 0 spiro atoms. The number of carbonyl (C=O) groups is 1. The molecule has 1 rings (SSSR count). The predicted molar refractivity (Wildman–Crippen MR) is 85.7 cm³/mol. The Labute approximate surface area is 129 Å². The lowest BCUT2D eigenvalue weighted by atomic mass is 9.94. The fourth-order valence-electron chi connectivity index (χ4n) is 2.17. The highest BCUT2D eigenvalue weighted by Gasteiger charge is 2.21. The normalized spacial score (nSPS) is 14.1. The maximum Gasteiger partial charge on any atom is 0.238 e. The van der Waals surface area contributed by atoms with Crippen molar-refractivity contribution in [1.82, 2.24) is 5.32 Å². The number of hydrogen-bond donors (Lipinski definition) is 3. The Balaban J connectivity index is 2.33. The van der Waals surface area contributed by atoms with E-state index in [1.54, 1.807) is 6.92 Å². The first kappa shape index (κ1) is 17.1. The van der Waals surface area contributed by atoms with Crippen LogP contribution in [0.1, 0.15) is 27.2 Å². The van der Waals surface area contributed by atoms with Crippen molar-refractivity contribution >= 4 is 27.5 Å². The number of hydrogen-bond acceptors (Lipinski definition) is 3. The maximum absolute atomic E-state index is 11.8. The first-order valence-electron chi connectivity index (χ1n) is 6.77. The summed E-state index contributed by atoms with van der Waals surface area (Å²) in [4.78, 5) is 11.8. The quantitative estimate of drug-likeness (QED) is 0.713. The molecule has 20 heavy (non-hydrogen) atoms. The predicted octanol–water partition coefficient (Wildman–Crippen LogP) is 2.77. The number of nitrogens with one attached hydrogen (secondary N) is 2. The van der Waals surface area contributed by atoms with Gasteiger partial charge in [0.05, 0.1) is 12.1 Å².